The molecule has 0 saturated carbocycles. The average molecular weight is 361 g/mol. The lowest BCUT2D eigenvalue weighted by Gasteiger charge is -2.44. The van der Waals surface area contributed by atoms with Gasteiger partial charge in [-0.1, -0.05) is 6.07 Å². The molecule has 0 aliphatic carbocycles. The molecule has 0 N–H and O–H groups in total. The van der Waals surface area contributed by atoms with Gasteiger partial charge in [-0.05, 0) is 12.1 Å². The number of rotatable bonds is 7. The molecule has 0 unspecified atom stereocenters. The fourth-order valence-electron chi connectivity index (χ4n) is 2.86. The van der Waals surface area contributed by atoms with Crippen LogP contribution in [0.2, 0.25) is 0 Å². The zero-order chi connectivity index (χ0) is 17.7. The van der Waals surface area contributed by atoms with Crippen LogP contribution < -0.4 is 0 Å². The monoisotopic (exact) mass is 361 g/mol. The van der Waals surface area contributed by atoms with Crippen molar-refractivity contribution < 1.29 is 32.1 Å². The van der Waals surface area contributed by atoms with Crippen LogP contribution in [-0.2, 0) is 33.5 Å². The minimum absolute atomic E-state index is 0.0843. The Morgan fingerprint density at radius 1 is 1.04 bits per heavy atom. The van der Waals surface area contributed by atoms with Gasteiger partial charge in [-0.3, -0.25) is 0 Å². The first kappa shape index (κ1) is 19.2. The van der Waals surface area contributed by atoms with Crippen molar-refractivity contribution in [1.29, 1.82) is 0 Å². The van der Waals surface area contributed by atoms with E-state index < -0.39 is 39.7 Å². The highest BCUT2D eigenvalue weighted by atomic mass is 32.2. The number of sulfone groups is 1. The Labute approximate surface area is 141 Å². The molecule has 0 bridgehead atoms. The SMILES string of the molecule is COC[C@H]1O[C@H](S(=O)(=O)c2ccccn2)[C@@H](OC)[C@@H](OC)[C@@H]1OC. The quantitative estimate of drug-likeness (QED) is 0.683. The topological polar surface area (TPSA) is 93.2 Å². The summed E-state index contributed by atoms with van der Waals surface area (Å²) in [7, 11) is 1.99. The molecule has 9 heteroatoms. The molecule has 1 fully saturated rings. The van der Waals surface area contributed by atoms with Crippen LogP contribution in [0.25, 0.3) is 0 Å². The Morgan fingerprint density at radius 2 is 1.71 bits per heavy atom. The Bertz CT molecular complexity index is 610. The fourth-order valence-corrected chi connectivity index (χ4v) is 4.48. The van der Waals surface area contributed by atoms with E-state index in [2.05, 4.69) is 4.98 Å². The third kappa shape index (κ3) is 3.61. The Morgan fingerprint density at radius 3 is 2.21 bits per heavy atom. The second-order valence-electron chi connectivity index (χ2n) is 5.31. The molecule has 8 nitrogen and oxygen atoms in total. The van der Waals surface area contributed by atoms with Gasteiger partial charge in [0.1, 0.15) is 24.4 Å². The zero-order valence-electron chi connectivity index (χ0n) is 14.1. The van der Waals surface area contributed by atoms with Crippen molar-refractivity contribution in [3.8, 4) is 0 Å². The molecule has 0 spiro atoms. The number of nitrogens with zero attached hydrogens (tertiary/aromatic N) is 1. The molecular weight excluding hydrogens is 338 g/mol. The van der Waals surface area contributed by atoms with Crippen molar-refractivity contribution in [3.63, 3.8) is 0 Å². The van der Waals surface area contributed by atoms with Gasteiger partial charge in [0, 0.05) is 34.6 Å². The molecule has 1 aromatic rings. The lowest BCUT2D eigenvalue weighted by molar-refractivity contribution is -0.230. The van der Waals surface area contributed by atoms with Gasteiger partial charge in [-0.15, -0.1) is 0 Å². The van der Waals surface area contributed by atoms with Crippen LogP contribution in [0.4, 0.5) is 0 Å². The summed E-state index contributed by atoms with van der Waals surface area (Å²) in [4.78, 5) is 3.93. The van der Waals surface area contributed by atoms with Crippen LogP contribution in [0, 0.1) is 0 Å². The summed E-state index contributed by atoms with van der Waals surface area (Å²) in [6.07, 6.45) is -1.26. The summed E-state index contributed by atoms with van der Waals surface area (Å²) in [5.74, 6) is 0. The van der Waals surface area contributed by atoms with E-state index in [9.17, 15) is 8.42 Å². The van der Waals surface area contributed by atoms with E-state index in [-0.39, 0.29) is 11.6 Å². The number of ether oxygens (including phenoxy) is 5. The minimum atomic E-state index is -3.90. The summed E-state index contributed by atoms with van der Waals surface area (Å²) < 4.78 is 53.1. The van der Waals surface area contributed by atoms with E-state index in [0.29, 0.717) is 0 Å². The van der Waals surface area contributed by atoms with Gasteiger partial charge < -0.3 is 23.7 Å². The maximum Gasteiger partial charge on any atom is 0.225 e. The molecule has 24 heavy (non-hydrogen) atoms. The van der Waals surface area contributed by atoms with E-state index >= 15 is 0 Å². The first-order valence-electron chi connectivity index (χ1n) is 7.39. The van der Waals surface area contributed by atoms with Crippen molar-refractivity contribution in [2.45, 2.75) is 34.9 Å². The number of hydrogen-bond acceptors (Lipinski definition) is 8. The van der Waals surface area contributed by atoms with E-state index in [4.69, 9.17) is 23.7 Å². The van der Waals surface area contributed by atoms with Gasteiger partial charge in [0.05, 0.1) is 6.61 Å². The summed E-state index contributed by atoms with van der Waals surface area (Å²) >= 11 is 0. The molecule has 1 saturated heterocycles. The van der Waals surface area contributed by atoms with Crippen molar-refractivity contribution in [1.82, 2.24) is 4.98 Å². The smallest absolute Gasteiger partial charge is 0.225 e. The Hall–Kier alpha value is -1.10. The first-order valence-corrected chi connectivity index (χ1v) is 8.93. The number of hydrogen-bond donors (Lipinski definition) is 0. The third-order valence-corrected chi connectivity index (χ3v) is 5.79. The predicted molar refractivity (Wildman–Crippen MR) is 84.4 cm³/mol. The Balaban J connectivity index is 2.43. The summed E-state index contributed by atoms with van der Waals surface area (Å²) in [6.45, 7) is 0.156. The minimum Gasteiger partial charge on any atom is -0.382 e. The van der Waals surface area contributed by atoms with Crippen LogP contribution >= 0.6 is 0 Å². The number of aromatic nitrogens is 1. The molecule has 2 rings (SSSR count). The predicted octanol–water partition coefficient (Wildman–Crippen LogP) is 0.272. The summed E-state index contributed by atoms with van der Waals surface area (Å²) in [5.41, 5.74) is -1.28. The van der Waals surface area contributed by atoms with Gasteiger partial charge in [-0.2, -0.15) is 0 Å². The normalized spacial score (nSPS) is 31.1. The second kappa shape index (κ2) is 8.32. The highest BCUT2D eigenvalue weighted by molar-refractivity contribution is 7.91. The lowest BCUT2D eigenvalue weighted by Crippen LogP contribution is -2.62. The van der Waals surface area contributed by atoms with Crippen molar-refractivity contribution in [2.24, 2.45) is 0 Å². The molecule has 136 valence electrons. The average Bonchev–Trinajstić information content (AvgIpc) is 2.61. The Kier molecular flexibility index (Phi) is 6.67. The summed E-state index contributed by atoms with van der Waals surface area (Å²) in [5, 5.41) is -0.0843. The largest absolute Gasteiger partial charge is 0.382 e. The van der Waals surface area contributed by atoms with Gasteiger partial charge in [0.15, 0.2) is 10.5 Å². The van der Waals surface area contributed by atoms with Crippen molar-refractivity contribution in [2.75, 3.05) is 35.0 Å². The van der Waals surface area contributed by atoms with Crippen molar-refractivity contribution in [3.05, 3.63) is 24.4 Å². The van der Waals surface area contributed by atoms with Crippen LogP contribution in [0.1, 0.15) is 0 Å². The molecule has 5 atom stereocenters. The maximum atomic E-state index is 13.0. The van der Waals surface area contributed by atoms with Crippen LogP contribution in [-0.4, -0.2) is 78.3 Å². The van der Waals surface area contributed by atoms with Crippen molar-refractivity contribution >= 4 is 9.84 Å². The zero-order valence-corrected chi connectivity index (χ0v) is 14.9. The number of pyridine rings is 1. The van der Waals surface area contributed by atoms with Gasteiger partial charge in [0.2, 0.25) is 9.84 Å². The van der Waals surface area contributed by atoms with E-state index in [1.807, 2.05) is 0 Å². The second-order valence-corrected chi connectivity index (χ2v) is 7.29. The van der Waals surface area contributed by atoms with Gasteiger partial charge in [0.25, 0.3) is 0 Å². The molecule has 2 heterocycles. The maximum absolute atomic E-state index is 13.0. The summed E-state index contributed by atoms with van der Waals surface area (Å²) in [6, 6.07) is 4.66. The molecule has 0 amide bonds. The highest BCUT2D eigenvalue weighted by Crippen LogP contribution is 2.32. The molecule has 1 aliphatic heterocycles. The number of methoxy groups -OCH3 is 4. The standard InChI is InChI=1S/C15H23NO7S/c1-19-9-10-12(20-2)13(21-3)14(22-4)15(23-10)24(17,18)11-7-5-6-8-16-11/h5-8,10,12-15H,9H2,1-4H3/t10-,12-,13+,14+,15-/m1/s1. The molecular formula is C15H23NO7S. The van der Waals surface area contributed by atoms with Gasteiger partial charge >= 0.3 is 0 Å². The molecule has 0 aromatic carbocycles. The van der Waals surface area contributed by atoms with Crippen LogP contribution in [0.15, 0.2) is 29.4 Å². The fraction of sp³-hybridized carbons (Fsp3) is 0.667. The van der Waals surface area contributed by atoms with E-state index in [0.717, 1.165) is 0 Å². The molecule has 1 aliphatic rings. The highest BCUT2D eigenvalue weighted by Gasteiger charge is 2.52. The first-order chi connectivity index (χ1) is 11.5. The van der Waals surface area contributed by atoms with E-state index in [1.54, 1.807) is 12.1 Å². The van der Waals surface area contributed by atoms with Crippen LogP contribution in [0.5, 0.6) is 0 Å². The molecule has 0 radical (unpaired) electrons. The molecule has 1 aromatic heterocycles. The van der Waals surface area contributed by atoms with Crippen LogP contribution in [0.3, 0.4) is 0 Å². The van der Waals surface area contributed by atoms with E-state index in [1.165, 1.54) is 40.7 Å². The third-order valence-electron chi connectivity index (χ3n) is 3.97. The lowest BCUT2D eigenvalue weighted by atomic mass is 9.99. The van der Waals surface area contributed by atoms with Gasteiger partial charge in [-0.25, -0.2) is 13.4 Å².